The highest BCUT2D eigenvalue weighted by molar-refractivity contribution is 4.83. The molecule has 9 N–H and O–H groups in total. The highest BCUT2D eigenvalue weighted by Crippen LogP contribution is 2.36. The molecular formula is C70H154F3NO10. The Hall–Kier alpha value is -1.12. The van der Waals surface area contributed by atoms with Gasteiger partial charge in [0.1, 0.15) is 0 Å². The molecule has 2 saturated carbocycles. The van der Waals surface area contributed by atoms with E-state index in [-0.39, 0.29) is 42.2 Å². The van der Waals surface area contributed by atoms with Crippen LogP contribution in [0.2, 0.25) is 0 Å². The first kappa shape index (κ1) is 105. The lowest BCUT2D eigenvalue weighted by Gasteiger charge is -2.29. The fourth-order valence-corrected chi connectivity index (χ4v) is 4.39. The van der Waals surface area contributed by atoms with Crippen molar-refractivity contribution in [3.63, 3.8) is 0 Å². The molecule has 0 aromatic rings. The Morgan fingerprint density at radius 2 is 0.690 bits per heavy atom. The smallest absolute Gasteiger partial charge is 0.391 e. The molecule has 0 unspecified atom stereocenters. The van der Waals surface area contributed by atoms with Crippen molar-refractivity contribution in [3.05, 3.63) is 0 Å². The van der Waals surface area contributed by atoms with Gasteiger partial charge in [0.15, 0.2) is 0 Å². The molecule has 0 bridgehead atoms. The average molecular weight is 1230 g/mol. The second-order valence-corrected chi connectivity index (χ2v) is 28.3. The van der Waals surface area contributed by atoms with Gasteiger partial charge in [0.05, 0.1) is 59.5 Å². The summed E-state index contributed by atoms with van der Waals surface area (Å²) in [5.41, 5.74) is -0.875. The van der Waals surface area contributed by atoms with Gasteiger partial charge in [-0.2, -0.15) is 18.4 Å². The first-order valence-corrected chi connectivity index (χ1v) is 32.7. The van der Waals surface area contributed by atoms with Crippen LogP contribution >= 0.6 is 0 Å². The van der Waals surface area contributed by atoms with Crippen LogP contribution in [-0.2, 0) is 4.74 Å². The van der Waals surface area contributed by atoms with Gasteiger partial charge in [-0.05, 0) is 170 Å². The summed E-state index contributed by atoms with van der Waals surface area (Å²) >= 11 is 0. The number of hydrogen-bond acceptors (Lipinski definition) is 11. The standard InChI is InChI=1S/C8H18O.2C7H14O.C7H16O.3C6H14O.C5H9N.2C5H12O.C4H7F3.C4H10O/c1-5-8(9,6-2)7(3)4;2*1-5(2)7(8)6-3-4-6;1-6(2)7(3,4)8-5;1-5(2)6(3,4)7;2*1-4-6(7)5(2)3;1-5(2)3-4-6;2*1-4(2)5(3)6;1-3(2)4(5,6)7;1-4(2)3-5/h7,9H,5-6H2,1-4H3;2*5-8H,3-4H2,1-2H3;6H,1-5H3;5,7H,1-4H3;2*5-7H,4H2,1-3H3;5H,3H2,1-2H3;2*4-6H,1-3H3;3H,1-2H3;4-5H,3H2,1-2H3/t;2*7-;;;2*6-;;2*5-;;/m.10..10.10../s1. The highest BCUT2D eigenvalue weighted by Gasteiger charge is 2.33. The minimum absolute atomic E-state index is 0.0185. The minimum atomic E-state index is -4.00. The zero-order chi connectivity index (χ0) is 70.0. The van der Waals surface area contributed by atoms with Crippen molar-refractivity contribution in [2.24, 2.45) is 82.9 Å². The van der Waals surface area contributed by atoms with Crippen LogP contribution in [0.4, 0.5) is 13.2 Å². The van der Waals surface area contributed by atoms with E-state index in [0.717, 1.165) is 39.5 Å². The number of ether oxygens (including phenoxy) is 1. The summed E-state index contributed by atoms with van der Waals surface area (Å²) in [4.78, 5) is 0. The van der Waals surface area contributed by atoms with Crippen LogP contribution in [0, 0.1) is 94.2 Å². The van der Waals surface area contributed by atoms with Crippen molar-refractivity contribution in [1.82, 2.24) is 0 Å². The normalized spacial score (nSPS) is 15.2. The summed E-state index contributed by atoms with van der Waals surface area (Å²) in [7, 11) is 1.75. The minimum Gasteiger partial charge on any atom is -0.396 e. The van der Waals surface area contributed by atoms with Gasteiger partial charge >= 0.3 is 6.18 Å². The van der Waals surface area contributed by atoms with E-state index in [9.17, 15) is 28.5 Å². The van der Waals surface area contributed by atoms with Gasteiger partial charge in [-0.1, -0.05) is 194 Å². The monoisotopic (exact) mass is 1230 g/mol. The number of halogens is 3. The van der Waals surface area contributed by atoms with E-state index in [2.05, 4.69) is 75.3 Å². The number of hydrogen-bond donors (Lipinski definition) is 9. The lowest BCUT2D eigenvalue weighted by molar-refractivity contribution is -0.164. The Morgan fingerprint density at radius 1 is 0.452 bits per heavy atom. The Labute approximate surface area is 522 Å². The van der Waals surface area contributed by atoms with Crippen molar-refractivity contribution in [1.29, 1.82) is 5.26 Å². The summed E-state index contributed by atoms with van der Waals surface area (Å²) in [5, 5.41) is 88.6. The fourth-order valence-electron chi connectivity index (χ4n) is 4.39. The quantitative estimate of drug-likeness (QED) is 0.0629. The van der Waals surface area contributed by atoms with Crippen molar-refractivity contribution in [3.8, 4) is 6.07 Å². The summed E-state index contributed by atoms with van der Waals surface area (Å²) in [5.74, 6) is 4.98. The van der Waals surface area contributed by atoms with Gasteiger partial charge in [0, 0.05) is 26.1 Å². The van der Waals surface area contributed by atoms with Crippen molar-refractivity contribution < 1.29 is 63.9 Å². The number of aliphatic hydroxyl groups is 9. The molecule has 0 amide bonds. The summed E-state index contributed by atoms with van der Waals surface area (Å²) in [6.07, 6.45) is 4.62. The van der Waals surface area contributed by atoms with Crippen LogP contribution < -0.4 is 0 Å². The Balaban J connectivity index is -0.0000000892. The Morgan fingerprint density at radius 3 is 0.702 bits per heavy atom. The zero-order valence-corrected chi connectivity index (χ0v) is 62.1. The molecular weight excluding hydrogens is 1070 g/mol. The second kappa shape index (κ2) is 59.5. The molecule has 11 nitrogen and oxygen atoms in total. The number of rotatable bonds is 18. The molecule has 0 radical (unpaired) electrons. The summed E-state index contributed by atoms with van der Waals surface area (Å²) in [6.45, 7) is 66.8. The maximum Gasteiger partial charge on any atom is 0.391 e. The number of nitriles is 1. The van der Waals surface area contributed by atoms with Crippen LogP contribution in [0.15, 0.2) is 0 Å². The molecule has 2 aliphatic rings. The van der Waals surface area contributed by atoms with E-state index in [4.69, 9.17) is 40.6 Å². The predicted octanol–water partition coefficient (Wildman–Crippen LogP) is 17.8. The first-order chi connectivity index (χ1) is 37.6. The van der Waals surface area contributed by atoms with E-state index < -0.39 is 23.3 Å². The van der Waals surface area contributed by atoms with Gasteiger partial charge in [-0.15, -0.1) is 0 Å². The van der Waals surface area contributed by atoms with Crippen LogP contribution in [-0.4, -0.2) is 119 Å². The largest absolute Gasteiger partial charge is 0.396 e. The van der Waals surface area contributed by atoms with Crippen LogP contribution in [0.5, 0.6) is 0 Å². The van der Waals surface area contributed by atoms with Crippen molar-refractivity contribution >= 4 is 0 Å². The molecule has 2 rings (SSSR count). The Bertz CT molecular complexity index is 1260. The molecule has 6 atom stereocenters. The lowest BCUT2D eigenvalue weighted by Crippen LogP contribution is -2.32. The Kier molecular flexibility index (Phi) is 74.1. The lowest BCUT2D eigenvalue weighted by atomic mass is 9.86. The van der Waals surface area contributed by atoms with Crippen LogP contribution in [0.25, 0.3) is 0 Å². The molecule has 0 saturated heterocycles. The number of nitrogens with zero attached hydrogens (tertiary/aromatic N) is 1. The molecule has 84 heavy (non-hydrogen) atoms. The number of methoxy groups -OCH3 is 1. The zero-order valence-electron chi connectivity index (χ0n) is 62.1. The summed E-state index contributed by atoms with van der Waals surface area (Å²) in [6, 6.07) is 2.07. The maximum absolute atomic E-state index is 11.2. The van der Waals surface area contributed by atoms with Gasteiger partial charge in [0.25, 0.3) is 0 Å². The van der Waals surface area contributed by atoms with Gasteiger partial charge in [-0.25, -0.2) is 0 Å². The average Bonchev–Trinajstić information content (AvgIpc) is 4.32. The second-order valence-electron chi connectivity index (χ2n) is 28.3. The SMILES string of the molecule is CC(C)C(C)(C)O.CC(C)C(F)(F)F.CC(C)CC#N.CC(C)CO.CC(C)[C@@H](C)O.CC(C)[C@@H](O)C1CC1.CC(C)[C@H](C)O.CC(C)[C@H](O)C1CC1.CCC(O)(CC)C(C)C.CC[C@@H](O)C(C)C.CC[C@H](O)C(C)C.COC(C)(C)C(C)C. The van der Waals surface area contributed by atoms with E-state index in [1.54, 1.807) is 21.0 Å². The first-order valence-electron chi connectivity index (χ1n) is 32.7. The molecule has 520 valence electrons. The molecule has 0 aromatic heterocycles. The maximum atomic E-state index is 11.2. The predicted molar refractivity (Wildman–Crippen MR) is 358 cm³/mol. The highest BCUT2D eigenvalue weighted by atomic mass is 19.4. The van der Waals surface area contributed by atoms with Crippen LogP contribution in [0.3, 0.4) is 0 Å². The topological polar surface area (TPSA) is 215 Å². The van der Waals surface area contributed by atoms with Gasteiger partial charge in [0.2, 0.25) is 0 Å². The van der Waals surface area contributed by atoms with E-state index in [1.807, 2.05) is 138 Å². The van der Waals surface area contributed by atoms with Crippen molar-refractivity contribution in [2.45, 2.75) is 353 Å². The number of alkyl halides is 3. The molecule has 2 fully saturated rings. The van der Waals surface area contributed by atoms with Gasteiger partial charge in [-0.3, -0.25) is 0 Å². The third kappa shape index (κ3) is 82.9. The fraction of sp³-hybridized carbons (Fsp3) is 0.986. The molecule has 0 aliphatic heterocycles. The van der Waals surface area contributed by atoms with Crippen LogP contribution in [0.1, 0.15) is 293 Å². The van der Waals surface area contributed by atoms with Crippen molar-refractivity contribution in [2.75, 3.05) is 13.7 Å². The summed E-state index contributed by atoms with van der Waals surface area (Å²) < 4.78 is 38.7. The van der Waals surface area contributed by atoms with E-state index in [0.29, 0.717) is 90.0 Å². The molecule has 0 spiro atoms. The number of aliphatic hydroxyl groups excluding tert-OH is 7. The van der Waals surface area contributed by atoms with E-state index in [1.165, 1.54) is 25.7 Å². The molecule has 2 aliphatic carbocycles. The van der Waals surface area contributed by atoms with E-state index >= 15 is 0 Å². The third-order valence-electron chi connectivity index (χ3n) is 15.0. The molecule has 14 heteroatoms. The van der Waals surface area contributed by atoms with Gasteiger partial charge < -0.3 is 50.7 Å². The third-order valence-corrected chi connectivity index (χ3v) is 15.0. The molecule has 0 heterocycles. The molecule has 0 aromatic carbocycles.